The standard InChI is InChI=1S/C23H33N5O4S/c1-4-32-21-8-6-5-7-20(21)24-22(29)15-26-10-12-27(13-11-26)23-17(2)25-28(18(23)3)19-9-14-33(30,31)16-19/h5-8,19H,4,9-16H2,1-3H3,(H,24,29). The van der Waals surface area contributed by atoms with Crippen LogP contribution in [0.1, 0.15) is 30.8 Å². The minimum atomic E-state index is -2.96. The van der Waals surface area contributed by atoms with Gasteiger partial charge in [-0.15, -0.1) is 0 Å². The molecule has 1 N–H and O–H groups in total. The zero-order valence-electron chi connectivity index (χ0n) is 19.6. The Morgan fingerprint density at radius 1 is 1.18 bits per heavy atom. The van der Waals surface area contributed by atoms with Crippen molar-refractivity contribution in [3.05, 3.63) is 35.7 Å². The summed E-state index contributed by atoms with van der Waals surface area (Å²) in [7, 11) is -2.96. The quantitative estimate of drug-likeness (QED) is 0.654. The molecule has 1 atom stereocenters. The summed E-state index contributed by atoms with van der Waals surface area (Å²) in [5.74, 6) is 1.03. The maximum atomic E-state index is 12.6. The Bertz CT molecular complexity index is 1110. The number of piperazine rings is 1. The number of nitrogens with zero attached hydrogens (tertiary/aromatic N) is 4. The molecule has 1 unspecified atom stereocenters. The Balaban J connectivity index is 1.34. The van der Waals surface area contributed by atoms with Gasteiger partial charge in [-0.2, -0.15) is 5.10 Å². The Labute approximate surface area is 195 Å². The largest absolute Gasteiger partial charge is 0.492 e. The lowest BCUT2D eigenvalue weighted by Crippen LogP contribution is -2.49. The summed E-state index contributed by atoms with van der Waals surface area (Å²) in [6, 6.07) is 7.39. The fraction of sp³-hybridized carbons (Fsp3) is 0.565. The number of nitrogens with one attached hydrogen (secondary N) is 1. The molecule has 10 heteroatoms. The number of benzene rings is 1. The van der Waals surface area contributed by atoms with Gasteiger partial charge in [0.15, 0.2) is 9.84 Å². The highest BCUT2D eigenvalue weighted by Crippen LogP contribution is 2.31. The molecule has 4 rings (SSSR count). The second-order valence-electron chi connectivity index (χ2n) is 8.76. The van der Waals surface area contributed by atoms with Crippen molar-refractivity contribution in [2.24, 2.45) is 0 Å². The molecule has 2 fully saturated rings. The van der Waals surface area contributed by atoms with Gasteiger partial charge in [-0.25, -0.2) is 8.42 Å². The molecule has 1 amide bonds. The van der Waals surface area contributed by atoms with E-state index in [2.05, 4.69) is 15.1 Å². The van der Waals surface area contributed by atoms with Crippen molar-refractivity contribution in [3.8, 4) is 5.75 Å². The van der Waals surface area contributed by atoms with Gasteiger partial charge in [0.2, 0.25) is 5.91 Å². The van der Waals surface area contributed by atoms with Crippen LogP contribution >= 0.6 is 0 Å². The molecule has 9 nitrogen and oxygen atoms in total. The summed E-state index contributed by atoms with van der Waals surface area (Å²) >= 11 is 0. The number of para-hydroxylation sites is 2. The number of aryl methyl sites for hydroxylation is 1. The first-order chi connectivity index (χ1) is 15.8. The second-order valence-corrected chi connectivity index (χ2v) is 11.0. The highest BCUT2D eigenvalue weighted by atomic mass is 32.2. The van der Waals surface area contributed by atoms with Crippen molar-refractivity contribution in [2.75, 3.05) is 61.1 Å². The molecule has 180 valence electrons. The number of hydrogen-bond acceptors (Lipinski definition) is 7. The smallest absolute Gasteiger partial charge is 0.238 e. The molecule has 33 heavy (non-hydrogen) atoms. The third kappa shape index (κ3) is 5.33. The maximum absolute atomic E-state index is 12.6. The van der Waals surface area contributed by atoms with Gasteiger partial charge < -0.3 is 15.0 Å². The van der Waals surface area contributed by atoms with Crippen LogP contribution in [0.15, 0.2) is 24.3 Å². The van der Waals surface area contributed by atoms with E-state index in [1.54, 1.807) is 0 Å². The molecule has 2 saturated heterocycles. The van der Waals surface area contributed by atoms with Crippen molar-refractivity contribution in [1.29, 1.82) is 0 Å². The molecule has 0 aliphatic carbocycles. The van der Waals surface area contributed by atoms with E-state index in [-0.39, 0.29) is 23.5 Å². The van der Waals surface area contributed by atoms with Crippen molar-refractivity contribution in [1.82, 2.24) is 14.7 Å². The SMILES string of the molecule is CCOc1ccccc1NC(=O)CN1CCN(c2c(C)nn(C3CCS(=O)(=O)C3)c2C)CC1. The van der Waals surface area contributed by atoms with Gasteiger partial charge in [-0.3, -0.25) is 14.4 Å². The van der Waals surface area contributed by atoms with Crippen LogP contribution in [0.5, 0.6) is 5.75 Å². The summed E-state index contributed by atoms with van der Waals surface area (Å²) in [6.45, 7) is 9.91. The molecule has 0 saturated carbocycles. The van der Waals surface area contributed by atoms with Gasteiger partial charge in [0, 0.05) is 26.2 Å². The van der Waals surface area contributed by atoms with Gasteiger partial charge >= 0.3 is 0 Å². The molecule has 1 aromatic heterocycles. The molecular formula is C23H33N5O4S. The van der Waals surface area contributed by atoms with E-state index < -0.39 is 9.84 Å². The predicted molar refractivity (Wildman–Crippen MR) is 129 cm³/mol. The first-order valence-corrected chi connectivity index (χ1v) is 13.3. The van der Waals surface area contributed by atoms with Crippen LogP contribution in [-0.2, 0) is 14.6 Å². The average Bonchev–Trinajstić information content (AvgIpc) is 3.28. The van der Waals surface area contributed by atoms with Crippen molar-refractivity contribution < 1.29 is 17.9 Å². The topological polar surface area (TPSA) is 96.8 Å². The van der Waals surface area contributed by atoms with Crippen LogP contribution in [0.2, 0.25) is 0 Å². The minimum Gasteiger partial charge on any atom is -0.492 e. The third-order valence-corrected chi connectivity index (χ3v) is 8.11. The lowest BCUT2D eigenvalue weighted by atomic mass is 10.2. The Kier molecular flexibility index (Phi) is 6.94. The van der Waals surface area contributed by atoms with Crippen LogP contribution < -0.4 is 15.0 Å². The van der Waals surface area contributed by atoms with Crippen LogP contribution in [0.4, 0.5) is 11.4 Å². The van der Waals surface area contributed by atoms with E-state index in [1.165, 1.54) is 0 Å². The number of carbonyl (C=O) groups is 1. The zero-order chi connectivity index (χ0) is 23.6. The van der Waals surface area contributed by atoms with Gasteiger partial charge in [-0.05, 0) is 39.3 Å². The van der Waals surface area contributed by atoms with Crippen molar-refractivity contribution in [2.45, 2.75) is 33.2 Å². The number of carbonyl (C=O) groups excluding carboxylic acids is 1. The Morgan fingerprint density at radius 3 is 2.58 bits per heavy atom. The first-order valence-electron chi connectivity index (χ1n) is 11.5. The number of ether oxygens (including phenoxy) is 1. The summed E-state index contributed by atoms with van der Waals surface area (Å²) < 4.78 is 31.3. The zero-order valence-corrected chi connectivity index (χ0v) is 20.4. The van der Waals surface area contributed by atoms with Crippen molar-refractivity contribution >= 4 is 27.1 Å². The number of hydrogen-bond donors (Lipinski definition) is 1. The van der Waals surface area contributed by atoms with Gasteiger partial charge in [0.05, 0.1) is 53.5 Å². The number of sulfone groups is 1. The van der Waals surface area contributed by atoms with Gasteiger partial charge in [-0.1, -0.05) is 12.1 Å². The molecule has 3 heterocycles. The normalized spacial score (nSPS) is 20.7. The Morgan fingerprint density at radius 2 is 1.91 bits per heavy atom. The van der Waals surface area contributed by atoms with Crippen LogP contribution in [0.25, 0.3) is 0 Å². The fourth-order valence-corrected chi connectivity index (χ4v) is 6.50. The fourth-order valence-electron chi connectivity index (χ4n) is 4.81. The molecular weight excluding hydrogens is 442 g/mol. The lowest BCUT2D eigenvalue weighted by molar-refractivity contribution is -0.117. The summed E-state index contributed by atoms with van der Waals surface area (Å²) in [4.78, 5) is 17.1. The average molecular weight is 476 g/mol. The second kappa shape index (κ2) is 9.72. The monoisotopic (exact) mass is 475 g/mol. The van der Waals surface area contributed by atoms with Gasteiger partial charge in [0.25, 0.3) is 0 Å². The molecule has 2 aliphatic rings. The van der Waals surface area contributed by atoms with Crippen LogP contribution in [0.3, 0.4) is 0 Å². The molecule has 0 spiro atoms. The van der Waals surface area contributed by atoms with Crippen molar-refractivity contribution in [3.63, 3.8) is 0 Å². The van der Waals surface area contributed by atoms with E-state index in [9.17, 15) is 13.2 Å². The first kappa shape index (κ1) is 23.6. The van der Waals surface area contributed by atoms with Gasteiger partial charge in [0.1, 0.15) is 5.75 Å². The lowest BCUT2D eigenvalue weighted by Gasteiger charge is -2.36. The predicted octanol–water partition coefficient (Wildman–Crippen LogP) is 2.02. The molecule has 0 radical (unpaired) electrons. The summed E-state index contributed by atoms with van der Waals surface area (Å²) in [6.07, 6.45) is 0.624. The highest BCUT2D eigenvalue weighted by molar-refractivity contribution is 7.91. The number of aromatic nitrogens is 2. The van der Waals surface area contributed by atoms with Crippen LogP contribution in [-0.4, -0.2) is 79.8 Å². The van der Waals surface area contributed by atoms with E-state index in [4.69, 9.17) is 9.84 Å². The minimum absolute atomic E-state index is 0.0572. The molecule has 0 bridgehead atoms. The maximum Gasteiger partial charge on any atom is 0.238 e. The number of anilines is 2. The summed E-state index contributed by atoms with van der Waals surface area (Å²) in [5, 5.41) is 7.65. The van der Waals surface area contributed by atoms with E-state index in [0.717, 1.165) is 43.3 Å². The molecule has 2 aliphatic heterocycles. The molecule has 1 aromatic carbocycles. The van der Waals surface area contributed by atoms with E-state index >= 15 is 0 Å². The number of rotatable bonds is 7. The molecule has 2 aromatic rings. The number of amides is 1. The Hall–Kier alpha value is -2.59. The summed E-state index contributed by atoms with van der Waals surface area (Å²) in [5.41, 5.74) is 3.73. The van der Waals surface area contributed by atoms with Crippen LogP contribution in [0, 0.1) is 13.8 Å². The highest BCUT2D eigenvalue weighted by Gasteiger charge is 2.32. The third-order valence-electron chi connectivity index (χ3n) is 6.36. The van der Waals surface area contributed by atoms with E-state index in [1.807, 2.05) is 49.7 Å². The van der Waals surface area contributed by atoms with E-state index in [0.29, 0.717) is 31.0 Å².